The first-order valence-corrected chi connectivity index (χ1v) is 4.60. The Balaban J connectivity index is 2.55. The fourth-order valence-electron chi connectivity index (χ4n) is 1.73. The van der Waals surface area contributed by atoms with Crippen molar-refractivity contribution in [2.45, 2.75) is 26.4 Å². The smallest absolute Gasteiger partial charge is 0.426 e. The zero-order chi connectivity index (χ0) is 11.2. The Kier molecular flexibility index (Phi) is 2.03. The molecule has 1 aromatic carbocycles. The second-order valence-electron chi connectivity index (χ2n) is 3.78. The van der Waals surface area contributed by atoms with Gasteiger partial charge in [-0.2, -0.15) is 8.78 Å². The third-order valence-electron chi connectivity index (χ3n) is 2.48. The maximum Gasteiger partial charge on any atom is 0.461 e. The molecule has 0 N–H and O–H groups in total. The SMILES string of the molecule is Cc1cc(C)c2c(c1)OC(F)(F)C(=O)C2. The Morgan fingerprint density at radius 3 is 2.67 bits per heavy atom. The number of hydrogen-bond donors (Lipinski definition) is 0. The summed E-state index contributed by atoms with van der Waals surface area (Å²) in [6, 6.07) is 3.38. The lowest BCUT2D eigenvalue weighted by Crippen LogP contribution is -2.40. The van der Waals surface area contributed by atoms with Gasteiger partial charge in [-0.3, -0.25) is 4.79 Å². The van der Waals surface area contributed by atoms with E-state index in [2.05, 4.69) is 4.74 Å². The Hall–Kier alpha value is -1.45. The van der Waals surface area contributed by atoms with Crippen LogP contribution in [0.25, 0.3) is 0 Å². The molecule has 1 aliphatic heterocycles. The van der Waals surface area contributed by atoms with Gasteiger partial charge >= 0.3 is 6.11 Å². The van der Waals surface area contributed by atoms with Gasteiger partial charge in [0.2, 0.25) is 5.78 Å². The number of ketones is 1. The van der Waals surface area contributed by atoms with E-state index < -0.39 is 11.9 Å². The lowest BCUT2D eigenvalue weighted by molar-refractivity contribution is -0.193. The number of hydrogen-bond acceptors (Lipinski definition) is 2. The molecule has 80 valence electrons. The lowest BCUT2D eigenvalue weighted by atomic mass is 9.97. The summed E-state index contributed by atoms with van der Waals surface area (Å²) >= 11 is 0. The van der Waals surface area contributed by atoms with Crippen molar-refractivity contribution in [3.63, 3.8) is 0 Å². The van der Waals surface area contributed by atoms with Crippen LogP contribution in [0.4, 0.5) is 8.78 Å². The summed E-state index contributed by atoms with van der Waals surface area (Å²) in [7, 11) is 0. The van der Waals surface area contributed by atoms with Crippen LogP contribution < -0.4 is 4.74 Å². The molecule has 0 unspecified atom stereocenters. The van der Waals surface area contributed by atoms with Crippen molar-refractivity contribution in [3.8, 4) is 5.75 Å². The van der Waals surface area contributed by atoms with Crippen LogP contribution >= 0.6 is 0 Å². The Labute approximate surface area is 85.9 Å². The number of fused-ring (bicyclic) bond motifs is 1. The van der Waals surface area contributed by atoms with Gasteiger partial charge in [-0.1, -0.05) is 6.07 Å². The van der Waals surface area contributed by atoms with Gasteiger partial charge in [0.05, 0.1) is 0 Å². The van der Waals surface area contributed by atoms with Crippen LogP contribution in [0.1, 0.15) is 16.7 Å². The molecule has 0 bridgehead atoms. The largest absolute Gasteiger partial charge is 0.461 e. The number of alkyl halides is 2. The van der Waals surface area contributed by atoms with Gasteiger partial charge < -0.3 is 4.74 Å². The molecule has 15 heavy (non-hydrogen) atoms. The van der Waals surface area contributed by atoms with Crippen molar-refractivity contribution in [2.75, 3.05) is 0 Å². The summed E-state index contributed by atoms with van der Waals surface area (Å²) in [5.74, 6) is -1.06. The van der Waals surface area contributed by atoms with Crippen molar-refractivity contribution in [2.24, 2.45) is 0 Å². The summed E-state index contributed by atoms with van der Waals surface area (Å²) in [6.45, 7) is 3.58. The highest BCUT2D eigenvalue weighted by molar-refractivity contribution is 5.89. The molecule has 1 aliphatic rings. The molecule has 0 fully saturated rings. The first-order chi connectivity index (χ1) is 6.90. The van der Waals surface area contributed by atoms with E-state index in [9.17, 15) is 13.6 Å². The maximum absolute atomic E-state index is 13.0. The van der Waals surface area contributed by atoms with Gasteiger partial charge in [-0.15, -0.1) is 0 Å². The van der Waals surface area contributed by atoms with Gasteiger partial charge in [0.15, 0.2) is 0 Å². The number of halogens is 2. The van der Waals surface area contributed by atoms with Gasteiger partial charge in [-0.05, 0) is 31.0 Å². The van der Waals surface area contributed by atoms with E-state index in [4.69, 9.17) is 0 Å². The molecular formula is C11H10F2O2. The Morgan fingerprint density at radius 2 is 2.00 bits per heavy atom. The molecule has 4 heteroatoms. The van der Waals surface area contributed by atoms with Gasteiger partial charge in [0.1, 0.15) is 5.75 Å². The molecule has 2 rings (SSSR count). The fourth-order valence-corrected chi connectivity index (χ4v) is 1.73. The first kappa shape index (κ1) is 10.1. The topological polar surface area (TPSA) is 26.3 Å². The summed E-state index contributed by atoms with van der Waals surface area (Å²) < 4.78 is 30.3. The second kappa shape index (κ2) is 3.02. The number of carbonyl (C=O) groups is 1. The average molecular weight is 212 g/mol. The third kappa shape index (κ3) is 1.60. The van der Waals surface area contributed by atoms with Crippen molar-refractivity contribution >= 4 is 5.78 Å². The Bertz CT molecular complexity index is 438. The van der Waals surface area contributed by atoms with E-state index in [0.29, 0.717) is 5.56 Å². The van der Waals surface area contributed by atoms with E-state index in [1.165, 1.54) is 6.07 Å². The number of rotatable bonds is 0. The molecule has 0 radical (unpaired) electrons. The fraction of sp³-hybridized carbons (Fsp3) is 0.364. The van der Waals surface area contributed by atoms with E-state index in [1.807, 2.05) is 6.07 Å². The number of Topliss-reactive ketones (excluding diaryl/α,β-unsaturated/α-hetero) is 1. The minimum atomic E-state index is -3.67. The van der Waals surface area contributed by atoms with E-state index in [1.54, 1.807) is 13.8 Å². The average Bonchev–Trinajstić information content (AvgIpc) is 2.08. The standard InChI is InChI=1S/C11H10F2O2/c1-6-3-7(2)8-5-10(14)11(12,13)15-9(8)4-6/h3-4H,5H2,1-2H3. The van der Waals surface area contributed by atoms with E-state index in [-0.39, 0.29) is 12.2 Å². The summed E-state index contributed by atoms with van der Waals surface area (Å²) in [5, 5.41) is 0. The molecule has 1 heterocycles. The van der Waals surface area contributed by atoms with Gasteiger partial charge in [0.25, 0.3) is 0 Å². The summed E-state index contributed by atoms with van der Waals surface area (Å²) in [4.78, 5) is 11.0. The molecule has 0 spiro atoms. The molecule has 0 aliphatic carbocycles. The monoisotopic (exact) mass is 212 g/mol. The van der Waals surface area contributed by atoms with Crippen molar-refractivity contribution in [1.82, 2.24) is 0 Å². The van der Waals surface area contributed by atoms with Crippen molar-refractivity contribution in [1.29, 1.82) is 0 Å². The maximum atomic E-state index is 13.0. The number of aryl methyl sites for hydroxylation is 2. The van der Waals surface area contributed by atoms with Gasteiger partial charge in [0, 0.05) is 12.0 Å². The summed E-state index contributed by atoms with van der Waals surface area (Å²) in [6.07, 6.45) is -3.93. The predicted octanol–water partition coefficient (Wildman–Crippen LogP) is 2.40. The second-order valence-corrected chi connectivity index (χ2v) is 3.78. The first-order valence-electron chi connectivity index (χ1n) is 4.60. The van der Waals surface area contributed by atoms with Crippen molar-refractivity contribution in [3.05, 3.63) is 28.8 Å². The third-order valence-corrected chi connectivity index (χ3v) is 2.48. The normalized spacial score (nSPS) is 18.3. The highest BCUT2D eigenvalue weighted by Crippen LogP contribution is 2.35. The minimum absolute atomic E-state index is 0.122. The Morgan fingerprint density at radius 1 is 1.33 bits per heavy atom. The molecule has 0 atom stereocenters. The van der Waals surface area contributed by atoms with Gasteiger partial charge in [-0.25, -0.2) is 0 Å². The molecule has 2 nitrogen and oxygen atoms in total. The number of benzene rings is 1. The molecular weight excluding hydrogens is 202 g/mol. The van der Waals surface area contributed by atoms with Crippen LogP contribution in [-0.4, -0.2) is 11.9 Å². The highest BCUT2D eigenvalue weighted by Gasteiger charge is 2.45. The highest BCUT2D eigenvalue weighted by atomic mass is 19.3. The number of ether oxygens (including phenoxy) is 1. The molecule has 0 saturated heterocycles. The van der Waals surface area contributed by atoms with Crippen LogP contribution in [0.5, 0.6) is 5.75 Å². The van der Waals surface area contributed by atoms with Crippen LogP contribution in [0, 0.1) is 13.8 Å². The van der Waals surface area contributed by atoms with Crippen LogP contribution in [0.2, 0.25) is 0 Å². The van der Waals surface area contributed by atoms with Crippen LogP contribution in [-0.2, 0) is 11.2 Å². The quantitative estimate of drug-likeness (QED) is 0.660. The molecule has 0 amide bonds. The van der Waals surface area contributed by atoms with E-state index in [0.717, 1.165) is 11.1 Å². The van der Waals surface area contributed by atoms with Crippen molar-refractivity contribution < 1.29 is 18.3 Å². The predicted molar refractivity (Wildman–Crippen MR) is 50.2 cm³/mol. The summed E-state index contributed by atoms with van der Waals surface area (Å²) in [5.41, 5.74) is 2.22. The van der Waals surface area contributed by atoms with Crippen LogP contribution in [0.15, 0.2) is 12.1 Å². The lowest BCUT2D eigenvalue weighted by Gasteiger charge is -2.25. The van der Waals surface area contributed by atoms with Crippen LogP contribution in [0.3, 0.4) is 0 Å². The zero-order valence-corrected chi connectivity index (χ0v) is 8.43. The minimum Gasteiger partial charge on any atom is -0.426 e. The molecule has 0 aromatic heterocycles. The number of carbonyl (C=O) groups excluding carboxylic acids is 1. The molecule has 1 aromatic rings. The van der Waals surface area contributed by atoms with E-state index >= 15 is 0 Å². The zero-order valence-electron chi connectivity index (χ0n) is 8.43. The molecule has 0 saturated carbocycles.